The van der Waals surface area contributed by atoms with Crippen LogP contribution in [-0.4, -0.2) is 0 Å². The van der Waals surface area contributed by atoms with Crippen molar-refractivity contribution in [3.05, 3.63) is 29.8 Å². The van der Waals surface area contributed by atoms with Crippen molar-refractivity contribution in [2.45, 2.75) is 77.6 Å². The van der Waals surface area contributed by atoms with Crippen LogP contribution in [0, 0.1) is 11.8 Å². The second-order valence-electron chi connectivity index (χ2n) is 6.70. The molecule has 2 fully saturated rings. The van der Waals surface area contributed by atoms with Crippen LogP contribution in [0.15, 0.2) is 24.3 Å². The lowest BCUT2D eigenvalue weighted by Gasteiger charge is -2.36. The molecule has 0 amide bonds. The number of nitrogens with two attached hydrogens (primary N) is 1. The molecule has 2 heteroatoms. The molecule has 0 radical (unpaired) electrons. The monoisotopic (exact) mass is 303 g/mol. The van der Waals surface area contributed by atoms with Crippen LogP contribution in [0.1, 0.15) is 83.1 Å². The minimum absolute atomic E-state index is 0.752. The molecule has 0 aliphatic heterocycles. The highest BCUT2D eigenvalue weighted by Gasteiger charge is 2.28. The van der Waals surface area contributed by atoms with Gasteiger partial charge in [0.25, 0.3) is 0 Å². The summed E-state index contributed by atoms with van der Waals surface area (Å²) in [6, 6.07) is 8.35. The quantitative estimate of drug-likeness (QED) is 0.714. The van der Waals surface area contributed by atoms with Gasteiger partial charge in [0.2, 0.25) is 0 Å². The van der Waals surface area contributed by atoms with E-state index in [4.69, 9.17) is 10.7 Å². The van der Waals surface area contributed by atoms with Crippen molar-refractivity contribution in [3.8, 4) is 5.75 Å². The van der Waals surface area contributed by atoms with Gasteiger partial charge < -0.3 is 4.84 Å². The van der Waals surface area contributed by atoms with Crippen molar-refractivity contribution < 1.29 is 4.84 Å². The lowest BCUT2D eigenvalue weighted by molar-refractivity contribution is 0.186. The molecule has 0 spiro atoms. The fourth-order valence-electron chi connectivity index (χ4n) is 4.35. The second-order valence-corrected chi connectivity index (χ2v) is 6.70. The van der Waals surface area contributed by atoms with Gasteiger partial charge in [-0.3, -0.25) is 0 Å². The molecule has 2 aliphatic rings. The predicted molar refractivity (Wildman–Crippen MR) is 93.9 cm³/mol. The first-order chi connectivity index (χ1) is 10.9. The number of benzene rings is 1. The van der Waals surface area contributed by atoms with Crippen LogP contribution < -0.4 is 10.7 Å². The van der Waals surface area contributed by atoms with Crippen LogP contribution in [0.2, 0.25) is 0 Å². The van der Waals surface area contributed by atoms with Crippen molar-refractivity contribution in [2.75, 3.05) is 0 Å². The third kappa shape index (κ3) is 4.49. The lowest BCUT2D eigenvalue weighted by Crippen LogP contribution is -2.23. The van der Waals surface area contributed by atoms with Crippen LogP contribution >= 0.6 is 0 Å². The maximum absolute atomic E-state index is 5.18. The summed E-state index contributed by atoms with van der Waals surface area (Å²) in [5.41, 5.74) is 1.47. The third-order valence-corrected chi connectivity index (χ3v) is 5.58. The van der Waals surface area contributed by atoms with Gasteiger partial charge in [-0.2, -0.15) is 5.90 Å². The van der Waals surface area contributed by atoms with E-state index in [1.54, 1.807) is 0 Å². The Morgan fingerprint density at radius 1 is 0.773 bits per heavy atom. The fraction of sp³-hybridized carbons (Fsp3) is 0.700. The Balaban J connectivity index is 0.000000847. The number of hydrogen-bond donors (Lipinski definition) is 1. The van der Waals surface area contributed by atoms with E-state index in [0.717, 1.165) is 23.5 Å². The maximum Gasteiger partial charge on any atom is 0.146 e. The van der Waals surface area contributed by atoms with E-state index in [0.29, 0.717) is 0 Å². The van der Waals surface area contributed by atoms with E-state index >= 15 is 0 Å². The van der Waals surface area contributed by atoms with E-state index in [9.17, 15) is 0 Å². The maximum atomic E-state index is 5.18. The molecular weight excluding hydrogens is 270 g/mol. The molecule has 0 aromatic heterocycles. The first-order valence-corrected chi connectivity index (χ1v) is 9.33. The van der Waals surface area contributed by atoms with Crippen molar-refractivity contribution in [3.63, 3.8) is 0 Å². The number of rotatable bonds is 3. The Hall–Kier alpha value is -1.02. The van der Waals surface area contributed by atoms with Crippen molar-refractivity contribution in [1.82, 2.24) is 0 Å². The summed E-state index contributed by atoms with van der Waals surface area (Å²) in [6.07, 6.45) is 13.0. The molecule has 0 bridgehead atoms. The average molecular weight is 303 g/mol. The summed E-state index contributed by atoms with van der Waals surface area (Å²) < 4.78 is 0. The van der Waals surface area contributed by atoms with Crippen molar-refractivity contribution in [2.24, 2.45) is 17.7 Å². The normalized spacial score (nSPS) is 26.0. The molecule has 0 atom stereocenters. The average Bonchev–Trinajstić information content (AvgIpc) is 2.64. The summed E-state index contributed by atoms with van der Waals surface area (Å²) in [6.45, 7) is 4.00. The Morgan fingerprint density at radius 2 is 1.32 bits per heavy atom. The van der Waals surface area contributed by atoms with Gasteiger partial charge >= 0.3 is 0 Å². The molecule has 2 aliphatic carbocycles. The van der Waals surface area contributed by atoms with Crippen molar-refractivity contribution >= 4 is 0 Å². The van der Waals surface area contributed by atoms with Crippen LogP contribution in [0.5, 0.6) is 5.75 Å². The van der Waals surface area contributed by atoms with Gasteiger partial charge in [-0.1, -0.05) is 58.1 Å². The van der Waals surface area contributed by atoms with E-state index in [1.807, 2.05) is 26.0 Å². The molecule has 1 aromatic rings. The van der Waals surface area contributed by atoms with Gasteiger partial charge in [-0.15, -0.1) is 0 Å². The first-order valence-electron chi connectivity index (χ1n) is 9.33. The van der Waals surface area contributed by atoms with Gasteiger partial charge in [0.1, 0.15) is 5.75 Å². The summed E-state index contributed by atoms with van der Waals surface area (Å²) >= 11 is 0. The predicted octanol–water partition coefficient (Wildman–Crippen LogP) is 5.82. The molecule has 1 aromatic carbocycles. The largest absolute Gasteiger partial charge is 0.412 e. The van der Waals surface area contributed by atoms with E-state index in [1.165, 1.54) is 63.4 Å². The molecule has 2 nitrogen and oxygen atoms in total. The Kier molecular flexibility index (Phi) is 7.24. The summed E-state index contributed by atoms with van der Waals surface area (Å²) in [4.78, 5) is 4.75. The molecule has 22 heavy (non-hydrogen) atoms. The van der Waals surface area contributed by atoms with E-state index < -0.39 is 0 Å². The minimum atomic E-state index is 0.752. The standard InChI is InChI=1S/C18H27NO.C2H6/c19-20-18-12-10-17(11-13-18)16-8-6-15(7-9-16)14-4-2-1-3-5-14;1-2/h10-16H,1-9,19H2;1-2H3. The molecule has 0 unspecified atom stereocenters. The number of hydrogen-bond acceptors (Lipinski definition) is 2. The topological polar surface area (TPSA) is 35.2 Å². The fourth-order valence-corrected chi connectivity index (χ4v) is 4.35. The highest BCUT2D eigenvalue weighted by Crippen LogP contribution is 2.42. The second kappa shape index (κ2) is 9.19. The summed E-state index contributed by atoms with van der Waals surface area (Å²) in [5, 5.41) is 0. The Bertz CT molecular complexity index is 400. The summed E-state index contributed by atoms with van der Waals surface area (Å²) in [5.74, 6) is 8.74. The summed E-state index contributed by atoms with van der Waals surface area (Å²) in [7, 11) is 0. The highest BCUT2D eigenvalue weighted by atomic mass is 16.6. The van der Waals surface area contributed by atoms with Crippen molar-refractivity contribution in [1.29, 1.82) is 0 Å². The molecule has 124 valence electrons. The molecular formula is C20H33NO. The lowest BCUT2D eigenvalue weighted by atomic mass is 9.70. The Morgan fingerprint density at radius 3 is 1.86 bits per heavy atom. The van der Waals surface area contributed by atoms with E-state index in [2.05, 4.69) is 12.1 Å². The first kappa shape index (κ1) is 17.3. The molecule has 0 heterocycles. The minimum Gasteiger partial charge on any atom is -0.412 e. The highest BCUT2D eigenvalue weighted by molar-refractivity contribution is 5.29. The zero-order chi connectivity index (χ0) is 15.8. The zero-order valence-electron chi connectivity index (χ0n) is 14.4. The van der Waals surface area contributed by atoms with Crippen LogP contribution in [0.25, 0.3) is 0 Å². The van der Waals surface area contributed by atoms with Crippen LogP contribution in [-0.2, 0) is 0 Å². The van der Waals surface area contributed by atoms with Crippen LogP contribution in [0.4, 0.5) is 0 Å². The molecule has 3 rings (SSSR count). The van der Waals surface area contributed by atoms with Gasteiger partial charge in [-0.05, 0) is 61.1 Å². The smallest absolute Gasteiger partial charge is 0.146 e. The van der Waals surface area contributed by atoms with Gasteiger partial charge in [0.05, 0.1) is 0 Å². The molecule has 2 N–H and O–H groups in total. The SMILES string of the molecule is CC.NOc1ccc(C2CCC(C3CCCCC3)CC2)cc1. The van der Waals surface area contributed by atoms with Gasteiger partial charge in [-0.25, -0.2) is 0 Å². The Labute approximate surface area is 136 Å². The van der Waals surface area contributed by atoms with Gasteiger partial charge in [0, 0.05) is 0 Å². The molecule has 0 saturated heterocycles. The van der Waals surface area contributed by atoms with Gasteiger partial charge in [0.15, 0.2) is 0 Å². The zero-order valence-corrected chi connectivity index (χ0v) is 14.4. The van der Waals surface area contributed by atoms with E-state index in [-0.39, 0.29) is 0 Å². The van der Waals surface area contributed by atoms with Crippen LogP contribution in [0.3, 0.4) is 0 Å². The molecule has 2 saturated carbocycles. The third-order valence-electron chi connectivity index (χ3n) is 5.58.